The molecular formula is C12H20N2O4S. The van der Waals surface area contributed by atoms with Crippen LogP contribution in [0.4, 0.5) is 0 Å². The van der Waals surface area contributed by atoms with Crippen LogP contribution < -0.4 is 4.72 Å². The Morgan fingerprint density at radius 2 is 2.11 bits per heavy atom. The van der Waals surface area contributed by atoms with Crippen LogP contribution in [0.3, 0.4) is 0 Å². The maximum atomic E-state index is 12.2. The maximum absolute atomic E-state index is 12.2. The molecule has 0 saturated carbocycles. The van der Waals surface area contributed by atoms with Gasteiger partial charge in [0.05, 0.1) is 7.11 Å². The molecule has 0 fully saturated rings. The molecule has 7 heteroatoms. The summed E-state index contributed by atoms with van der Waals surface area (Å²) in [5.74, 6) is -0.560. The minimum Gasteiger partial charge on any atom is -0.464 e. The van der Waals surface area contributed by atoms with Crippen LogP contribution in [0, 0.1) is 6.92 Å². The van der Waals surface area contributed by atoms with Crippen molar-refractivity contribution >= 4 is 16.0 Å². The predicted octanol–water partition coefficient (Wildman–Crippen LogP) is 1.20. The van der Waals surface area contributed by atoms with E-state index < -0.39 is 16.0 Å². The second-order valence-electron chi connectivity index (χ2n) is 4.46. The molecule has 1 aromatic rings. The molecule has 0 aliphatic rings. The summed E-state index contributed by atoms with van der Waals surface area (Å²) in [6.07, 6.45) is 0.689. The van der Waals surface area contributed by atoms with Gasteiger partial charge in [0.15, 0.2) is 0 Å². The quantitative estimate of drug-likeness (QED) is 0.826. The molecule has 0 aromatic carbocycles. The highest BCUT2D eigenvalue weighted by Gasteiger charge is 2.25. The van der Waals surface area contributed by atoms with E-state index in [4.69, 9.17) is 0 Å². The van der Waals surface area contributed by atoms with Crippen LogP contribution in [0.5, 0.6) is 0 Å². The molecule has 1 rings (SSSR count). The molecule has 0 saturated heterocycles. The first kappa shape index (κ1) is 15.7. The zero-order chi connectivity index (χ0) is 14.8. The number of methoxy groups -OCH3 is 1. The molecule has 0 radical (unpaired) electrons. The monoisotopic (exact) mass is 288 g/mol. The Balaban J connectivity index is 3.25. The molecule has 0 bridgehead atoms. The second-order valence-corrected chi connectivity index (χ2v) is 6.14. The summed E-state index contributed by atoms with van der Waals surface area (Å²) in [7, 11) is -0.735. The number of hydrogen-bond donors (Lipinski definition) is 1. The first-order valence-corrected chi connectivity index (χ1v) is 7.49. The van der Waals surface area contributed by atoms with Crippen molar-refractivity contribution < 1.29 is 17.9 Å². The molecule has 0 aliphatic heterocycles. The van der Waals surface area contributed by atoms with Crippen LogP contribution in [0.2, 0.25) is 0 Å². The van der Waals surface area contributed by atoms with Gasteiger partial charge in [0.25, 0.3) is 0 Å². The van der Waals surface area contributed by atoms with Gasteiger partial charge in [-0.3, -0.25) is 0 Å². The van der Waals surface area contributed by atoms with Crippen LogP contribution in [-0.4, -0.2) is 32.1 Å². The Morgan fingerprint density at radius 1 is 1.53 bits per heavy atom. The summed E-state index contributed by atoms with van der Waals surface area (Å²) in [5, 5.41) is 0. The number of hydrogen-bond acceptors (Lipinski definition) is 4. The maximum Gasteiger partial charge on any atom is 0.354 e. The standard InChI is InChI=1S/C12H20N2O4S/c1-6-8(2)13-19(16,17)11-7-10(12(15)18-5)14(4)9(11)3/h7-8,13H,6H2,1-5H3. The van der Waals surface area contributed by atoms with Crippen molar-refractivity contribution in [1.82, 2.24) is 9.29 Å². The van der Waals surface area contributed by atoms with Gasteiger partial charge in [0.2, 0.25) is 10.0 Å². The summed E-state index contributed by atoms with van der Waals surface area (Å²) in [6.45, 7) is 5.33. The van der Waals surface area contributed by atoms with Gasteiger partial charge in [-0.05, 0) is 26.3 Å². The number of ether oxygens (including phenoxy) is 1. The van der Waals surface area contributed by atoms with Crippen molar-refractivity contribution in [2.75, 3.05) is 7.11 Å². The minimum atomic E-state index is -3.62. The molecule has 1 heterocycles. The Morgan fingerprint density at radius 3 is 2.58 bits per heavy atom. The summed E-state index contributed by atoms with van der Waals surface area (Å²) >= 11 is 0. The van der Waals surface area contributed by atoms with E-state index in [0.29, 0.717) is 12.1 Å². The topological polar surface area (TPSA) is 77.4 Å². The van der Waals surface area contributed by atoms with E-state index in [2.05, 4.69) is 9.46 Å². The summed E-state index contributed by atoms with van der Waals surface area (Å²) in [6, 6.07) is 1.18. The lowest BCUT2D eigenvalue weighted by molar-refractivity contribution is 0.0589. The Bertz CT molecular complexity index is 575. The van der Waals surface area contributed by atoms with Crippen molar-refractivity contribution in [2.45, 2.75) is 38.1 Å². The summed E-state index contributed by atoms with van der Waals surface area (Å²) in [5.41, 5.74) is 0.709. The molecule has 108 valence electrons. The Kier molecular flexibility index (Phi) is 4.75. The van der Waals surface area contributed by atoms with Crippen molar-refractivity contribution in [1.29, 1.82) is 0 Å². The molecule has 1 N–H and O–H groups in total. The number of carbonyl (C=O) groups is 1. The number of nitrogens with zero attached hydrogens (tertiary/aromatic N) is 1. The van der Waals surface area contributed by atoms with E-state index >= 15 is 0 Å². The second kappa shape index (κ2) is 5.75. The number of rotatable bonds is 5. The largest absolute Gasteiger partial charge is 0.464 e. The first-order chi connectivity index (χ1) is 8.74. The van der Waals surface area contributed by atoms with E-state index in [1.807, 2.05) is 6.92 Å². The summed E-state index contributed by atoms with van der Waals surface area (Å²) < 4.78 is 33.1. The highest BCUT2D eigenvalue weighted by Crippen LogP contribution is 2.20. The lowest BCUT2D eigenvalue weighted by Gasteiger charge is -2.11. The lowest BCUT2D eigenvalue weighted by atomic mass is 10.3. The number of esters is 1. The van der Waals surface area contributed by atoms with Gasteiger partial charge in [-0.15, -0.1) is 0 Å². The molecule has 1 unspecified atom stereocenters. The molecular weight excluding hydrogens is 268 g/mol. The predicted molar refractivity (Wildman–Crippen MR) is 71.6 cm³/mol. The van der Waals surface area contributed by atoms with Crippen LogP contribution in [0.25, 0.3) is 0 Å². The van der Waals surface area contributed by atoms with Crippen LogP contribution in [0.15, 0.2) is 11.0 Å². The molecule has 6 nitrogen and oxygen atoms in total. The van der Waals surface area contributed by atoms with Gasteiger partial charge < -0.3 is 9.30 Å². The fourth-order valence-electron chi connectivity index (χ4n) is 1.66. The molecule has 0 amide bonds. The molecule has 1 aromatic heterocycles. The highest BCUT2D eigenvalue weighted by atomic mass is 32.2. The van der Waals surface area contributed by atoms with Gasteiger partial charge in [0, 0.05) is 18.8 Å². The van der Waals surface area contributed by atoms with Crippen molar-refractivity contribution in [2.24, 2.45) is 7.05 Å². The van der Waals surface area contributed by atoms with Gasteiger partial charge in [-0.1, -0.05) is 6.92 Å². The third kappa shape index (κ3) is 3.16. The zero-order valence-electron chi connectivity index (χ0n) is 11.9. The summed E-state index contributed by atoms with van der Waals surface area (Å²) in [4.78, 5) is 11.7. The van der Waals surface area contributed by atoms with Gasteiger partial charge in [-0.2, -0.15) is 0 Å². The highest BCUT2D eigenvalue weighted by molar-refractivity contribution is 7.89. The number of carbonyl (C=O) groups excluding carboxylic acids is 1. The van der Waals surface area contributed by atoms with Gasteiger partial charge in [0.1, 0.15) is 10.6 Å². The molecule has 0 aliphatic carbocycles. The van der Waals surface area contributed by atoms with E-state index in [1.54, 1.807) is 20.9 Å². The number of sulfonamides is 1. The minimum absolute atomic E-state index is 0.107. The number of nitrogens with one attached hydrogen (secondary N) is 1. The average molecular weight is 288 g/mol. The van der Waals surface area contributed by atoms with E-state index in [9.17, 15) is 13.2 Å². The normalized spacial score (nSPS) is 13.3. The van der Waals surface area contributed by atoms with Crippen LogP contribution in [-0.2, 0) is 21.8 Å². The van der Waals surface area contributed by atoms with Crippen molar-refractivity contribution in [3.05, 3.63) is 17.5 Å². The van der Waals surface area contributed by atoms with Crippen molar-refractivity contribution in [3.63, 3.8) is 0 Å². The molecule has 19 heavy (non-hydrogen) atoms. The van der Waals surface area contributed by atoms with Crippen LogP contribution >= 0.6 is 0 Å². The smallest absolute Gasteiger partial charge is 0.354 e. The first-order valence-electron chi connectivity index (χ1n) is 6.01. The third-order valence-corrected chi connectivity index (χ3v) is 4.85. The van der Waals surface area contributed by atoms with Crippen molar-refractivity contribution in [3.8, 4) is 0 Å². The van der Waals surface area contributed by atoms with E-state index in [1.165, 1.54) is 17.7 Å². The number of aromatic nitrogens is 1. The third-order valence-electron chi connectivity index (χ3n) is 3.14. The average Bonchev–Trinajstić information content (AvgIpc) is 2.65. The SMILES string of the molecule is CCC(C)NS(=O)(=O)c1cc(C(=O)OC)n(C)c1C. The van der Waals surface area contributed by atoms with E-state index in [-0.39, 0.29) is 16.6 Å². The van der Waals surface area contributed by atoms with E-state index in [0.717, 1.165) is 0 Å². The van der Waals surface area contributed by atoms with Gasteiger partial charge >= 0.3 is 5.97 Å². The fourth-order valence-corrected chi connectivity index (χ4v) is 3.27. The van der Waals surface area contributed by atoms with Gasteiger partial charge in [-0.25, -0.2) is 17.9 Å². The Labute approximate surface area is 113 Å². The van der Waals surface area contributed by atoms with Crippen LogP contribution in [0.1, 0.15) is 36.5 Å². The zero-order valence-corrected chi connectivity index (χ0v) is 12.7. The molecule has 1 atom stereocenters. The lowest BCUT2D eigenvalue weighted by Crippen LogP contribution is -2.32. The molecule has 0 spiro atoms. The fraction of sp³-hybridized carbons (Fsp3) is 0.583. The Hall–Kier alpha value is -1.34.